The number of hydrogen-bond acceptors (Lipinski definition) is 6. The van der Waals surface area contributed by atoms with Crippen LogP contribution in [0.25, 0.3) is 21.3 Å². The monoisotopic (exact) mass is 426 g/mol. The van der Waals surface area contributed by atoms with Crippen LogP contribution in [0.3, 0.4) is 0 Å². The molecule has 6 nitrogen and oxygen atoms in total. The normalized spacial score (nSPS) is 10.8. The van der Waals surface area contributed by atoms with Crippen molar-refractivity contribution in [2.45, 2.75) is 0 Å². The Morgan fingerprint density at radius 2 is 1.92 bits per heavy atom. The summed E-state index contributed by atoms with van der Waals surface area (Å²) in [4.78, 5) is 20.1. The van der Waals surface area contributed by atoms with Crippen LogP contribution in [-0.2, 0) is 0 Å². The summed E-state index contributed by atoms with van der Waals surface area (Å²) in [6.07, 6.45) is 1.49. The topological polar surface area (TPSA) is 81.0 Å². The maximum atomic E-state index is 11.0. The lowest BCUT2D eigenvalue weighted by molar-refractivity contribution is -0.384. The molecule has 128 valence electrons. The van der Waals surface area contributed by atoms with Crippen LogP contribution in [0, 0.1) is 10.1 Å². The van der Waals surface area contributed by atoms with Gasteiger partial charge in [-0.05, 0) is 23.8 Å². The van der Waals surface area contributed by atoms with Gasteiger partial charge in [-0.25, -0.2) is 9.97 Å². The molecule has 0 aliphatic heterocycles. The number of nitrogens with zero attached hydrogens (tertiary/aromatic N) is 3. The SMILES string of the molecule is O=[N+]([O-])c1cccc(Nc2ncnc3scc(-c4ccc(Br)cc4)c23)c1. The molecule has 0 saturated heterocycles. The Kier molecular flexibility index (Phi) is 4.36. The Labute approximate surface area is 160 Å². The Morgan fingerprint density at radius 3 is 2.69 bits per heavy atom. The molecule has 0 atom stereocenters. The van der Waals surface area contributed by atoms with Crippen molar-refractivity contribution >= 4 is 54.7 Å². The van der Waals surface area contributed by atoms with E-state index >= 15 is 0 Å². The number of thiophene rings is 1. The summed E-state index contributed by atoms with van der Waals surface area (Å²) >= 11 is 4.98. The van der Waals surface area contributed by atoms with Crippen molar-refractivity contribution in [1.82, 2.24) is 9.97 Å². The minimum absolute atomic E-state index is 0.0266. The van der Waals surface area contributed by atoms with Gasteiger partial charge in [0.15, 0.2) is 0 Å². The van der Waals surface area contributed by atoms with Crippen molar-refractivity contribution in [2.75, 3.05) is 5.32 Å². The summed E-state index contributed by atoms with van der Waals surface area (Å²) in [6.45, 7) is 0. The third-order valence-corrected chi connectivity index (χ3v) is 5.26. The second kappa shape index (κ2) is 6.81. The fourth-order valence-corrected chi connectivity index (χ4v) is 3.83. The summed E-state index contributed by atoms with van der Waals surface area (Å²) < 4.78 is 1.01. The van der Waals surface area contributed by atoms with E-state index in [4.69, 9.17) is 0 Å². The summed E-state index contributed by atoms with van der Waals surface area (Å²) in [5.41, 5.74) is 2.70. The molecule has 4 rings (SSSR count). The first-order chi connectivity index (χ1) is 12.6. The average molecular weight is 427 g/mol. The number of aromatic nitrogens is 2. The minimum atomic E-state index is -0.418. The molecular weight excluding hydrogens is 416 g/mol. The van der Waals surface area contributed by atoms with Crippen molar-refractivity contribution in [3.8, 4) is 11.1 Å². The molecule has 0 bridgehead atoms. The van der Waals surface area contributed by atoms with Gasteiger partial charge in [-0.1, -0.05) is 34.1 Å². The van der Waals surface area contributed by atoms with E-state index in [1.165, 1.54) is 29.8 Å². The highest BCUT2D eigenvalue weighted by Crippen LogP contribution is 2.37. The molecule has 0 aliphatic carbocycles. The van der Waals surface area contributed by atoms with Crippen molar-refractivity contribution < 1.29 is 4.92 Å². The van der Waals surface area contributed by atoms with Crippen LogP contribution < -0.4 is 5.32 Å². The first-order valence-electron chi connectivity index (χ1n) is 7.61. The van der Waals surface area contributed by atoms with E-state index in [1.54, 1.807) is 12.1 Å². The Hall–Kier alpha value is -2.84. The van der Waals surface area contributed by atoms with Gasteiger partial charge in [-0.15, -0.1) is 11.3 Å². The van der Waals surface area contributed by atoms with Gasteiger partial charge in [0.1, 0.15) is 17.0 Å². The lowest BCUT2D eigenvalue weighted by atomic mass is 10.1. The first kappa shape index (κ1) is 16.6. The number of anilines is 2. The summed E-state index contributed by atoms with van der Waals surface area (Å²) in [5.74, 6) is 0.620. The van der Waals surface area contributed by atoms with E-state index in [1.807, 2.05) is 29.6 Å². The number of hydrogen-bond donors (Lipinski definition) is 1. The van der Waals surface area contributed by atoms with Gasteiger partial charge >= 0.3 is 0 Å². The third-order valence-electron chi connectivity index (χ3n) is 3.85. The van der Waals surface area contributed by atoms with Crippen LogP contribution in [0.5, 0.6) is 0 Å². The molecule has 0 spiro atoms. The van der Waals surface area contributed by atoms with Gasteiger partial charge in [-0.2, -0.15) is 0 Å². The molecule has 1 N–H and O–H groups in total. The molecule has 2 aromatic heterocycles. The molecule has 0 radical (unpaired) electrons. The molecular formula is C18H11BrN4O2S. The van der Waals surface area contributed by atoms with Crippen molar-refractivity contribution in [3.63, 3.8) is 0 Å². The molecule has 26 heavy (non-hydrogen) atoms. The predicted octanol–water partition coefficient (Wildman–Crippen LogP) is 5.77. The number of fused-ring (bicyclic) bond motifs is 1. The number of nitrogens with one attached hydrogen (secondary N) is 1. The molecule has 2 aromatic carbocycles. The maximum Gasteiger partial charge on any atom is 0.271 e. The van der Waals surface area contributed by atoms with Gasteiger partial charge in [0.05, 0.1) is 10.3 Å². The minimum Gasteiger partial charge on any atom is -0.339 e. The van der Waals surface area contributed by atoms with Crippen LogP contribution in [0.2, 0.25) is 0 Å². The zero-order chi connectivity index (χ0) is 18.1. The standard InChI is InChI=1S/C18H11BrN4O2S/c19-12-6-4-11(5-7-12)15-9-26-18-16(15)17(20-10-21-18)22-13-2-1-3-14(8-13)23(24)25/h1-10H,(H,20,21,22). The number of nitro groups is 1. The van der Waals surface area contributed by atoms with Crippen LogP contribution >= 0.6 is 27.3 Å². The Bertz CT molecular complexity index is 1110. The fraction of sp³-hybridized carbons (Fsp3) is 0. The summed E-state index contributed by atoms with van der Waals surface area (Å²) in [6, 6.07) is 14.4. The molecule has 2 heterocycles. The van der Waals surface area contributed by atoms with Gasteiger partial charge in [0, 0.05) is 33.2 Å². The van der Waals surface area contributed by atoms with Gasteiger partial charge in [-0.3, -0.25) is 10.1 Å². The fourth-order valence-electron chi connectivity index (χ4n) is 2.65. The summed E-state index contributed by atoms with van der Waals surface area (Å²) in [5, 5.41) is 17.1. The Morgan fingerprint density at radius 1 is 1.12 bits per heavy atom. The Balaban J connectivity index is 1.80. The highest BCUT2D eigenvalue weighted by molar-refractivity contribution is 9.10. The molecule has 0 fully saturated rings. The number of non-ortho nitro benzene ring substituents is 1. The second-order valence-electron chi connectivity index (χ2n) is 5.49. The molecule has 0 saturated carbocycles. The smallest absolute Gasteiger partial charge is 0.271 e. The highest BCUT2D eigenvalue weighted by Gasteiger charge is 2.14. The van der Waals surface area contributed by atoms with E-state index in [9.17, 15) is 10.1 Å². The second-order valence-corrected chi connectivity index (χ2v) is 7.26. The van der Waals surface area contributed by atoms with E-state index in [0.29, 0.717) is 11.5 Å². The van der Waals surface area contributed by atoms with Gasteiger partial charge in [0.25, 0.3) is 5.69 Å². The van der Waals surface area contributed by atoms with Crippen LogP contribution in [0.15, 0.2) is 64.7 Å². The molecule has 0 unspecified atom stereocenters. The summed E-state index contributed by atoms with van der Waals surface area (Å²) in [7, 11) is 0. The first-order valence-corrected chi connectivity index (χ1v) is 9.29. The number of rotatable bonds is 4. The highest BCUT2D eigenvalue weighted by atomic mass is 79.9. The van der Waals surface area contributed by atoms with E-state index in [-0.39, 0.29) is 5.69 Å². The third kappa shape index (κ3) is 3.16. The number of halogens is 1. The van der Waals surface area contributed by atoms with Crippen LogP contribution in [0.4, 0.5) is 17.2 Å². The van der Waals surface area contributed by atoms with Gasteiger partial charge < -0.3 is 5.32 Å². The predicted molar refractivity (Wildman–Crippen MR) is 107 cm³/mol. The lowest BCUT2D eigenvalue weighted by Gasteiger charge is -2.08. The van der Waals surface area contributed by atoms with Crippen molar-refractivity contribution in [1.29, 1.82) is 0 Å². The largest absolute Gasteiger partial charge is 0.339 e. The van der Waals surface area contributed by atoms with E-state index < -0.39 is 4.92 Å². The molecule has 8 heteroatoms. The van der Waals surface area contributed by atoms with Crippen LogP contribution in [-0.4, -0.2) is 14.9 Å². The zero-order valence-electron chi connectivity index (χ0n) is 13.2. The zero-order valence-corrected chi connectivity index (χ0v) is 15.6. The molecule has 4 aromatic rings. The maximum absolute atomic E-state index is 11.0. The number of benzene rings is 2. The quantitative estimate of drug-likeness (QED) is 0.330. The van der Waals surface area contributed by atoms with Crippen LogP contribution in [0.1, 0.15) is 0 Å². The van der Waals surface area contributed by atoms with E-state index in [0.717, 1.165) is 25.8 Å². The average Bonchev–Trinajstić information content (AvgIpc) is 3.08. The lowest BCUT2D eigenvalue weighted by Crippen LogP contribution is -1.96. The molecule has 0 aliphatic rings. The van der Waals surface area contributed by atoms with Crippen molar-refractivity contribution in [3.05, 3.63) is 74.8 Å². The number of nitro benzene ring substituents is 1. The van der Waals surface area contributed by atoms with Crippen molar-refractivity contribution in [2.24, 2.45) is 0 Å². The molecule has 0 amide bonds. The van der Waals surface area contributed by atoms with E-state index in [2.05, 4.69) is 31.2 Å². The van der Waals surface area contributed by atoms with Gasteiger partial charge in [0.2, 0.25) is 0 Å².